The van der Waals surface area contributed by atoms with Gasteiger partial charge in [0.05, 0.1) is 0 Å². The first-order chi connectivity index (χ1) is 7.97. The number of aromatic nitrogens is 1. The Morgan fingerprint density at radius 3 is 2.53 bits per heavy atom. The summed E-state index contributed by atoms with van der Waals surface area (Å²) in [7, 11) is 0. The molecule has 2 nitrogen and oxygen atoms in total. The van der Waals surface area contributed by atoms with Gasteiger partial charge in [-0.3, -0.25) is 4.98 Å². The first-order valence-corrected chi connectivity index (χ1v) is 6.27. The molecule has 1 aromatic heterocycles. The van der Waals surface area contributed by atoms with E-state index in [2.05, 4.69) is 56.2 Å². The summed E-state index contributed by atoms with van der Waals surface area (Å²) >= 11 is 0. The Morgan fingerprint density at radius 1 is 1.29 bits per heavy atom. The smallest absolute Gasteiger partial charge is 0.0270 e. The van der Waals surface area contributed by atoms with Gasteiger partial charge < -0.3 is 5.32 Å². The highest BCUT2D eigenvalue weighted by Crippen LogP contribution is 2.07. The van der Waals surface area contributed by atoms with E-state index < -0.39 is 0 Å². The molecule has 0 spiro atoms. The van der Waals surface area contributed by atoms with Crippen LogP contribution in [0.15, 0.2) is 36.2 Å². The molecule has 0 saturated heterocycles. The van der Waals surface area contributed by atoms with Gasteiger partial charge in [0, 0.05) is 17.9 Å². The number of pyridine rings is 1. The van der Waals surface area contributed by atoms with Crippen LogP contribution in [0.4, 0.5) is 0 Å². The van der Waals surface area contributed by atoms with Crippen molar-refractivity contribution in [3.05, 3.63) is 41.7 Å². The van der Waals surface area contributed by atoms with Crippen molar-refractivity contribution in [3.63, 3.8) is 0 Å². The SMILES string of the molecule is CC(=CCCNC(C)(C)C)Cc1ccncc1. The average molecular weight is 232 g/mol. The lowest BCUT2D eigenvalue weighted by Crippen LogP contribution is -2.36. The van der Waals surface area contributed by atoms with Gasteiger partial charge in [-0.15, -0.1) is 0 Å². The molecule has 0 aliphatic rings. The zero-order chi connectivity index (χ0) is 12.7. The van der Waals surface area contributed by atoms with Gasteiger partial charge in [0.1, 0.15) is 0 Å². The maximum Gasteiger partial charge on any atom is 0.0270 e. The minimum atomic E-state index is 0.215. The third-order valence-corrected chi connectivity index (χ3v) is 2.52. The molecule has 0 aromatic carbocycles. The van der Waals surface area contributed by atoms with E-state index in [0.717, 1.165) is 19.4 Å². The zero-order valence-electron chi connectivity index (χ0n) is 11.5. The van der Waals surface area contributed by atoms with Crippen molar-refractivity contribution in [3.8, 4) is 0 Å². The molecule has 0 bridgehead atoms. The van der Waals surface area contributed by atoms with E-state index in [1.165, 1.54) is 11.1 Å². The Kier molecular flexibility index (Phi) is 5.36. The van der Waals surface area contributed by atoms with Crippen LogP contribution in [-0.2, 0) is 6.42 Å². The number of rotatable bonds is 5. The van der Waals surface area contributed by atoms with Crippen molar-refractivity contribution in [2.24, 2.45) is 0 Å². The van der Waals surface area contributed by atoms with Crippen molar-refractivity contribution in [1.82, 2.24) is 10.3 Å². The van der Waals surface area contributed by atoms with Gasteiger partial charge in [-0.2, -0.15) is 0 Å². The van der Waals surface area contributed by atoms with Crippen LogP contribution >= 0.6 is 0 Å². The van der Waals surface area contributed by atoms with Crippen molar-refractivity contribution in [2.75, 3.05) is 6.54 Å². The van der Waals surface area contributed by atoms with Crippen LogP contribution in [-0.4, -0.2) is 17.1 Å². The number of nitrogens with one attached hydrogen (secondary N) is 1. The minimum absolute atomic E-state index is 0.215. The molecule has 0 radical (unpaired) electrons. The second-order valence-corrected chi connectivity index (χ2v) is 5.55. The minimum Gasteiger partial charge on any atom is -0.312 e. The average Bonchev–Trinajstić information content (AvgIpc) is 2.25. The summed E-state index contributed by atoms with van der Waals surface area (Å²) in [5.41, 5.74) is 2.97. The fourth-order valence-corrected chi connectivity index (χ4v) is 1.66. The molecular formula is C15H24N2. The molecule has 94 valence electrons. The molecule has 2 heteroatoms. The van der Waals surface area contributed by atoms with Gasteiger partial charge in [0.2, 0.25) is 0 Å². The van der Waals surface area contributed by atoms with E-state index in [4.69, 9.17) is 0 Å². The van der Waals surface area contributed by atoms with Crippen LogP contribution in [0.5, 0.6) is 0 Å². The van der Waals surface area contributed by atoms with E-state index >= 15 is 0 Å². The maximum atomic E-state index is 4.03. The van der Waals surface area contributed by atoms with Gasteiger partial charge in [-0.05, 0) is 64.8 Å². The number of nitrogens with zero attached hydrogens (tertiary/aromatic N) is 1. The van der Waals surface area contributed by atoms with Crippen LogP contribution in [0.25, 0.3) is 0 Å². The van der Waals surface area contributed by atoms with Crippen LogP contribution in [0, 0.1) is 0 Å². The van der Waals surface area contributed by atoms with Crippen LogP contribution in [0.2, 0.25) is 0 Å². The monoisotopic (exact) mass is 232 g/mol. The Labute approximate surface area is 105 Å². The van der Waals surface area contributed by atoms with Crippen LogP contribution in [0.1, 0.15) is 39.7 Å². The third-order valence-electron chi connectivity index (χ3n) is 2.52. The summed E-state index contributed by atoms with van der Waals surface area (Å²) < 4.78 is 0. The van der Waals surface area contributed by atoms with E-state index in [0.29, 0.717) is 0 Å². The predicted molar refractivity (Wildman–Crippen MR) is 74.1 cm³/mol. The Balaban J connectivity index is 2.31. The highest BCUT2D eigenvalue weighted by molar-refractivity contribution is 5.18. The second kappa shape index (κ2) is 6.55. The normalized spacial score (nSPS) is 12.8. The van der Waals surface area contributed by atoms with E-state index in [-0.39, 0.29) is 5.54 Å². The molecule has 1 heterocycles. The lowest BCUT2D eigenvalue weighted by molar-refractivity contribution is 0.431. The summed E-state index contributed by atoms with van der Waals surface area (Å²) in [5, 5.41) is 3.49. The fourth-order valence-electron chi connectivity index (χ4n) is 1.66. The highest BCUT2D eigenvalue weighted by atomic mass is 14.9. The fraction of sp³-hybridized carbons (Fsp3) is 0.533. The largest absolute Gasteiger partial charge is 0.312 e. The molecule has 0 fully saturated rings. The maximum absolute atomic E-state index is 4.03. The Morgan fingerprint density at radius 2 is 1.94 bits per heavy atom. The first kappa shape index (κ1) is 13.9. The topological polar surface area (TPSA) is 24.9 Å². The Bertz CT molecular complexity index is 347. The quantitative estimate of drug-likeness (QED) is 0.622. The van der Waals surface area contributed by atoms with Gasteiger partial charge in [-0.1, -0.05) is 11.6 Å². The number of allylic oxidation sites excluding steroid dienone is 1. The van der Waals surface area contributed by atoms with Gasteiger partial charge in [-0.25, -0.2) is 0 Å². The van der Waals surface area contributed by atoms with Crippen LogP contribution in [0.3, 0.4) is 0 Å². The lowest BCUT2D eigenvalue weighted by Gasteiger charge is -2.19. The van der Waals surface area contributed by atoms with Gasteiger partial charge in [0.15, 0.2) is 0 Å². The summed E-state index contributed by atoms with van der Waals surface area (Å²) in [5.74, 6) is 0. The molecular weight excluding hydrogens is 208 g/mol. The molecule has 0 unspecified atom stereocenters. The summed E-state index contributed by atoms with van der Waals surface area (Å²) in [4.78, 5) is 4.03. The standard InChI is InChI=1S/C15H24N2/c1-13(6-5-9-17-15(2,3)4)12-14-7-10-16-11-8-14/h6-8,10-11,17H,5,9,12H2,1-4H3. The molecule has 0 amide bonds. The van der Waals surface area contributed by atoms with Crippen molar-refractivity contribution < 1.29 is 0 Å². The number of hydrogen-bond acceptors (Lipinski definition) is 2. The predicted octanol–water partition coefficient (Wildman–Crippen LogP) is 3.35. The molecule has 0 aliphatic heterocycles. The van der Waals surface area contributed by atoms with E-state index in [9.17, 15) is 0 Å². The molecule has 0 saturated carbocycles. The molecule has 0 atom stereocenters. The molecule has 0 aliphatic carbocycles. The second-order valence-electron chi connectivity index (χ2n) is 5.55. The van der Waals surface area contributed by atoms with E-state index in [1.54, 1.807) is 0 Å². The lowest BCUT2D eigenvalue weighted by atomic mass is 10.1. The van der Waals surface area contributed by atoms with Crippen LogP contribution < -0.4 is 5.32 Å². The summed E-state index contributed by atoms with van der Waals surface area (Å²) in [6, 6.07) is 4.15. The van der Waals surface area contributed by atoms with Gasteiger partial charge >= 0.3 is 0 Å². The van der Waals surface area contributed by atoms with E-state index in [1.807, 2.05) is 12.4 Å². The van der Waals surface area contributed by atoms with Crippen molar-refractivity contribution >= 4 is 0 Å². The summed E-state index contributed by atoms with van der Waals surface area (Å²) in [6.45, 7) is 9.82. The molecule has 17 heavy (non-hydrogen) atoms. The third kappa shape index (κ3) is 6.90. The molecule has 1 N–H and O–H groups in total. The Hall–Kier alpha value is -1.15. The summed E-state index contributed by atoms with van der Waals surface area (Å²) in [6.07, 6.45) is 8.14. The zero-order valence-corrected chi connectivity index (χ0v) is 11.5. The first-order valence-electron chi connectivity index (χ1n) is 6.27. The van der Waals surface area contributed by atoms with Crippen molar-refractivity contribution in [2.45, 2.75) is 46.1 Å². The molecule has 1 rings (SSSR count). The highest BCUT2D eigenvalue weighted by Gasteiger charge is 2.06. The molecule has 1 aromatic rings. The van der Waals surface area contributed by atoms with Gasteiger partial charge in [0.25, 0.3) is 0 Å². The number of hydrogen-bond donors (Lipinski definition) is 1. The van der Waals surface area contributed by atoms with Crippen molar-refractivity contribution in [1.29, 1.82) is 0 Å².